The van der Waals surface area contributed by atoms with Gasteiger partial charge >= 0.3 is 5.97 Å². The van der Waals surface area contributed by atoms with Gasteiger partial charge in [0, 0.05) is 5.56 Å². The Morgan fingerprint density at radius 3 is 2.75 bits per heavy atom. The summed E-state index contributed by atoms with van der Waals surface area (Å²) < 4.78 is 5.37. The number of rotatable bonds is 6. The Kier molecular flexibility index (Phi) is 6.15. The smallest absolute Gasteiger partial charge is 0.353 e. The van der Waals surface area contributed by atoms with Crippen LogP contribution in [0.3, 0.4) is 0 Å². The molecule has 0 unspecified atom stereocenters. The number of nitrogens with one attached hydrogen (secondary N) is 2. The zero-order valence-electron chi connectivity index (χ0n) is 16.5. The lowest BCUT2D eigenvalue weighted by atomic mass is 10.1. The van der Waals surface area contributed by atoms with E-state index in [1.54, 1.807) is 66.0 Å². The van der Waals surface area contributed by atoms with Crippen LogP contribution in [-0.2, 0) is 0 Å². The van der Waals surface area contributed by atoms with E-state index in [0.29, 0.717) is 21.8 Å². The van der Waals surface area contributed by atoms with Crippen LogP contribution in [0, 0.1) is 11.3 Å². The number of ether oxygens (including phenoxy) is 1. The highest BCUT2D eigenvalue weighted by molar-refractivity contribution is 7.12. The number of H-pyrrole nitrogens is 1. The highest BCUT2D eigenvalue weighted by Crippen LogP contribution is 2.20. The summed E-state index contributed by atoms with van der Waals surface area (Å²) in [5.74, 6) is 0.0352. The molecule has 0 aliphatic rings. The molecule has 2 heterocycles. The van der Waals surface area contributed by atoms with Crippen LogP contribution in [0.5, 0.6) is 5.75 Å². The molecule has 0 saturated carbocycles. The van der Waals surface area contributed by atoms with Crippen LogP contribution in [0.15, 0.2) is 82.0 Å². The lowest BCUT2D eigenvalue weighted by Gasteiger charge is -2.06. The first kappa shape index (κ1) is 20.7. The monoisotopic (exact) mass is 441 g/mol. The number of esters is 1. The summed E-state index contributed by atoms with van der Waals surface area (Å²) in [6.45, 7) is 0. The molecule has 0 atom stereocenters. The van der Waals surface area contributed by atoms with E-state index in [9.17, 15) is 14.9 Å². The third-order valence-electron chi connectivity index (χ3n) is 4.25. The van der Waals surface area contributed by atoms with Crippen LogP contribution in [0.25, 0.3) is 11.3 Å². The number of benzene rings is 2. The van der Waals surface area contributed by atoms with Crippen LogP contribution in [0.4, 0.5) is 5.95 Å². The van der Waals surface area contributed by atoms with Crippen molar-refractivity contribution in [2.45, 2.75) is 0 Å². The normalized spacial score (nSPS) is 10.6. The van der Waals surface area contributed by atoms with E-state index in [2.05, 4.69) is 20.5 Å². The molecule has 2 N–H and O–H groups in total. The minimum absolute atomic E-state index is 0.0778. The molecular formula is C23H15N5O3S. The van der Waals surface area contributed by atoms with Crippen molar-refractivity contribution in [3.8, 4) is 23.1 Å². The molecule has 0 saturated heterocycles. The summed E-state index contributed by atoms with van der Waals surface area (Å²) in [5, 5.41) is 15.2. The number of anilines is 1. The maximum atomic E-state index is 12.3. The second-order valence-corrected chi connectivity index (χ2v) is 7.37. The molecule has 0 radical (unpaired) electrons. The van der Waals surface area contributed by atoms with Gasteiger partial charge < -0.3 is 4.74 Å². The van der Waals surface area contributed by atoms with E-state index in [-0.39, 0.29) is 17.2 Å². The van der Waals surface area contributed by atoms with Gasteiger partial charge in [-0.15, -0.1) is 11.3 Å². The van der Waals surface area contributed by atoms with Crippen molar-refractivity contribution in [3.05, 3.63) is 98.5 Å². The van der Waals surface area contributed by atoms with Crippen molar-refractivity contribution in [2.75, 3.05) is 5.43 Å². The molecule has 0 fully saturated rings. The highest BCUT2D eigenvalue weighted by atomic mass is 32.1. The molecule has 4 aromatic rings. The summed E-state index contributed by atoms with van der Waals surface area (Å²) in [4.78, 5) is 31.7. The summed E-state index contributed by atoms with van der Waals surface area (Å²) in [7, 11) is 0. The predicted molar refractivity (Wildman–Crippen MR) is 122 cm³/mol. The first-order valence-corrected chi connectivity index (χ1v) is 10.3. The van der Waals surface area contributed by atoms with Gasteiger partial charge in [0.15, 0.2) is 0 Å². The van der Waals surface area contributed by atoms with Gasteiger partial charge in [-0.3, -0.25) is 9.78 Å². The van der Waals surface area contributed by atoms with E-state index >= 15 is 0 Å². The molecule has 4 rings (SSSR count). The topological polar surface area (TPSA) is 120 Å². The van der Waals surface area contributed by atoms with Crippen molar-refractivity contribution in [3.63, 3.8) is 0 Å². The Labute approximate surface area is 186 Å². The van der Waals surface area contributed by atoms with Gasteiger partial charge in [0.25, 0.3) is 5.56 Å². The largest absolute Gasteiger partial charge is 0.422 e. The zero-order valence-corrected chi connectivity index (χ0v) is 17.3. The van der Waals surface area contributed by atoms with Crippen LogP contribution in [0.2, 0.25) is 0 Å². The van der Waals surface area contributed by atoms with Crippen LogP contribution in [-0.4, -0.2) is 22.2 Å². The highest BCUT2D eigenvalue weighted by Gasteiger charge is 2.13. The number of hydrogen-bond donors (Lipinski definition) is 2. The van der Waals surface area contributed by atoms with Gasteiger partial charge in [-0.25, -0.2) is 15.2 Å². The summed E-state index contributed by atoms with van der Waals surface area (Å²) in [5.41, 5.74) is 3.58. The van der Waals surface area contributed by atoms with E-state index < -0.39 is 11.5 Å². The van der Waals surface area contributed by atoms with Gasteiger partial charge in [-0.1, -0.05) is 48.5 Å². The van der Waals surface area contributed by atoms with Crippen molar-refractivity contribution in [1.29, 1.82) is 5.26 Å². The Morgan fingerprint density at radius 2 is 2.00 bits per heavy atom. The molecule has 0 aliphatic heterocycles. The summed E-state index contributed by atoms with van der Waals surface area (Å²) >= 11 is 1.30. The van der Waals surface area contributed by atoms with E-state index in [1.807, 2.05) is 12.1 Å². The second kappa shape index (κ2) is 9.51. The first-order chi connectivity index (χ1) is 15.6. The molecule has 2 aromatic heterocycles. The third kappa shape index (κ3) is 4.77. The average Bonchev–Trinajstić information content (AvgIpc) is 3.35. The maximum Gasteiger partial charge on any atom is 0.353 e. The third-order valence-corrected chi connectivity index (χ3v) is 5.10. The number of thiophene rings is 1. The fourth-order valence-corrected chi connectivity index (χ4v) is 3.41. The van der Waals surface area contributed by atoms with E-state index in [1.165, 1.54) is 17.6 Å². The predicted octanol–water partition coefficient (Wildman–Crippen LogP) is 4.04. The van der Waals surface area contributed by atoms with Gasteiger partial charge in [0.2, 0.25) is 5.95 Å². The maximum absolute atomic E-state index is 12.3. The van der Waals surface area contributed by atoms with Gasteiger partial charge in [0.1, 0.15) is 22.3 Å². The standard InChI is InChI=1S/C23H15N5O3S/c24-13-18-20(16-7-2-1-3-8-16)26-23(27-21(18)29)28-25-14-15-6-4-9-17(12-15)31-22(30)19-10-5-11-32-19/h1-12,14H,(H2,26,27,28,29). The number of hydrogen-bond acceptors (Lipinski definition) is 8. The fourth-order valence-electron chi connectivity index (χ4n) is 2.81. The molecule has 0 bridgehead atoms. The quantitative estimate of drug-likeness (QED) is 0.202. The molecule has 0 aliphatic carbocycles. The Balaban J connectivity index is 1.51. The molecule has 156 valence electrons. The number of carbonyl (C=O) groups excluding carboxylic acids is 1. The average molecular weight is 441 g/mol. The van der Waals surface area contributed by atoms with Crippen molar-refractivity contribution in [1.82, 2.24) is 9.97 Å². The molecule has 0 spiro atoms. The molecule has 0 amide bonds. The number of carbonyl (C=O) groups is 1. The summed E-state index contributed by atoms with van der Waals surface area (Å²) in [6, 6.07) is 21.1. The minimum Gasteiger partial charge on any atom is -0.422 e. The Hall–Kier alpha value is -4.55. The lowest BCUT2D eigenvalue weighted by Crippen LogP contribution is -2.16. The molecule has 8 nitrogen and oxygen atoms in total. The zero-order chi connectivity index (χ0) is 22.3. The van der Waals surface area contributed by atoms with Crippen LogP contribution < -0.4 is 15.7 Å². The number of hydrazone groups is 1. The molecular weight excluding hydrogens is 426 g/mol. The molecule has 32 heavy (non-hydrogen) atoms. The SMILES string of the molecule is N#Cc1c(-c2ccccc2)nc(NN=Cc2cccc(OC(=O)c3cccs3)c2)[nH]c1=O. The van der Waals surface area contributed by atoms with Crippen molar-refractivity contribution >= 4 is 29.5 Å². The Morgan fingerprint density at radius 1 is 1.16 bits per heavy atom. The lowest BCUT2D eigenvalue weighted by molar-refractivity contribution is 0.0740. The van der Waals surface area contributed by atoms with Gasteiger partial charge in [0.05, 0.1) is 11.9 Å². The fraction of sp³-hybridized carbons (Fsp3) is 0. The van der Waals surface area contributed by atoms with Gasteiger partial charge in [-0.2, -0.15) is 10.4 Å². The summed E-state index contributed by atoms with van der Waals surface area (Å²) in [6.07, 6.45) is 1.49. The minimum atomic E-state index is -0.568. The molecule has 9 heteroatoms. The van der Waals surface area contributed by atoms with Crippen molar-refractivity contribution in [2.24, 2.45) is 5.10 Å². The molecule has 2 aromatic carbocycles. The number of aromatic amines is 1. The van der Waals surface area contributed by atoms with Crippen molar-refractivity contribution < 1.29 is 9.53 Å². The van der Waals surface area contributed by atoms with Crippen LogP contribution in [0.1, 0.15) is 20.8 Å². The van der Waals surface area contributed by atoms with E-state index in [4.69, 9.17) is 4.74 Å². The number of aromatic nitrogens is 2. The number of nitriles is 1. The van der Waals surface area contributed by atoms with Gasteiger partial charge in [-0.05, 0) is 29.1 Å². The van der Waals surface area contributed by atoms with Crippen LogP contribution >= 0.6 is 11.3 Å². The number of nitrogens with zero attached hydrogens (tertiary/aromatic N) is 3. The second-order valence-electron chi connectivity index (χ2n) is 6.43. The van der Waals surface area contributed by atoms with E-state index in [0.717, 1.165) is 0 Å². The Bertz CT molecular complexity index is 1370. The first-order valence-electron chi connectivity index (χ1n) is 9.39.